The van der Waals surface area contributed by atoms with Crippen molar-refractivity contribution in [1.29, 1.82) is 0 Å². The number of benzene rings is 3. The standard InChI is InChI=1S/C22H21BrN2O2S/c1-2-3-13-27-16-8-6-7-15(14-16)21(26)25-22(28)24-20-12-11-19(23)17-9-4-5-10-18(17)20/h4-12,14H,2-3,13H2,1H3,(H2,24,25,26,28). The molecule has 3 aromatic carbocycles. The SMILES string of the molecule is CCCCOc1cccc(C(=O)NC(=S)Nc2ccc(Br)c3ccccc23)c1. The molecule has 144 valence electrons. The van der Waals surface area contributed by atoms with Crippen LogP contribution in [0.2, 0.25) is 0 Å². The van der Waals surface area contributed by atoms with Crippen molar-refractivity contribution in [1.82, 2.24) is 5.32 Å². The molecule has 0 aliphatic rings. The number of unbranched alkanes of at least 4 members (excludes halogenated alkanes) is 1. The Morgan fingerprint density at radius 2 is 1.86 bits per heavy atom. The Bertz CT molecular complexity index is 1010. The van der Waals surface area contributed by atoms with Gasteiger partial charge in [-0.05, 0) is 54.4 Å². The highest BCUT2D eigenvalue weighted by molar-refractivity contribution is 9.10. The van der Waals surface area contributed by atoms with Crippen LogP contribution in [0.1, 0.15) is 30.1 Å². The number of thiocarbonyl (C=S) groups is 1. The summed E-state index contributed by atoms with van der Waals surface area (Å²) in [6.07, 6.45) is 2.04. The second-order valence-electron chi connectivity index (χ2n) is 6.28. The first kappa shape index (κ1) is 20.3. The highest BCUT2D eigenvalue weighted by Crippen LogP contribution is 2.29. The van der Waals surface area contributed by atoms with Crippen molar-refractivity contribution in [2.75, 3.05) is 11.9 Å². The maximum atomic E-state index is 12.5. The van der Waals surface area contributed by atoms with E-state index in [9.17, 15) is 4.79 Å². The van der Waals surface area contributed by atoms with Gasteiger partial charge in [-0.25, -0.2) is 0 Å². The summed E-state index contributed by atoms with van der Waals surface area (Å²) in [6, 6.07) is 19.0. The van der Waals surface area contributed by atoms with Crippen LogP contribution in [0.5, 0.6) is 5.75 Å². The maximum Gasteiger partial charge on any atom is 0.257 e. The van der Waals surface area contributed by atoms with E-state index >= 15 is 0 Å². The lowest BCUT2D eigenvalue weighted by Gasteiger charge is -2.13. The van der Waals surface area contributed by atoms with Gasteiger partial charge in [-0.1, -0.05) is 59.6 Å². The molecular weight excluding hydrogens is 436 g/mol. The molecular formula is C22H21BrN2O2S. The molecule has 0 heterocycles. The van der Waals surface area contributed by atoms with Gasteiger partial charge in [-0.2, -0.15) is 0 Å². The number of carbonyl (C=O) groups excluding carboxylic acids is 1. The van der Waals surface area contributed by atoms with E-state index in [-0.39, 0.29) is 11.0 Å². The summed E-state index contributed by atoms with van der Waals surface area (Å²) < 4.78 is 6.67. The topological polar surface area (TPSA) is 50.4 Å². The third-order valence-corrected chi connectivity index (χ3v) is 5.10. The van der Waals surface area contributed by atoms with Crippen LogP contribution in [0.15, 0.2) is 65.1 Å². The lowest BCUT2D eigenvalue weighted by molar-refractivity contribution is 0.0977. The van der Waals surface area contributed by atoms with Crippen LogP contribution in [-0.2, 0) is 0 Å². The lowest BCUT2D eigenvalue weighted by atomic mass is 10.1. The van der Waals surface area contributed by atoms with E-state index in [0.29, 0.717) is 17.9 Å². The molecule has 0 aromatic heterocycles. The quantitative estimate of drug-likeness (QED) is 0.357. The highest BCUT2D eigenvalue weighted by Gasteiger charge is 2.11. The van der Waals surface area contributed by atoms with Crippen molar-refractivity contribution >= 4 is 55.6 Å². The second kappa shape index (κ2) is 9.66. The van der Waals surface area contributed by atoms with Gasteiger partial charge in [0.05, 0.1) is 6.61 Å². The Balaban J connectivity index is 1.68. The van der Waals surface area contributed by atoms with Crippen molar-refractivity contribution < 1.29 is 9.53 Å². The zero-order valence-corrected chi connectivity index (χ0v) is 17.9. The summed E-state index contributed by atoms with van der Waals surface area (Å²) in [6.45, 7) is 2.74. The monoisotopic (exact) mass is 456 g/mol. The van der Waals surface area contributed by atoms with Crippen LogP contribution in [0, 0.1) is 0 Å². The lowest BCUT2D eigenvalue weighted by Crippen LogP contribution is -2.34. The van der Waals surface area contributed by atoms with Gasteiger partial charge in [0.2, 0.25) is 0 Å². The summed E-state index contributed by atoms with van der Waals surface area (Å²) in [5.74, 6) is 0.402. The van der Waals surface area contributed by atoms with E-state index < -0.39 is 0 Å². The molecule has 0 aliphatic carbocycles. The van der Waals surface area contributed by atoms with Gasteiger partial charge < -0.3 is 10.1 Å². The fourth-order valence-electron chi connectivity index (χ4n) is 2.76. The molecule has 3 rings (SSSR count). The Labute approximate surface area is 178 Å². The van der Waals surface area contributed by atoms with Crippen molar-refractivity contribution in [3.63, 3.8) is 0 Å². The van der Waals surface area contributed by atoms with Gasteiger partial charge >= 0.3 is 0 Å². The summed E-state index contributed by atoms with van der Waals surface area (Å²) in [5.41, 5.74) is 1.33. The number of rotatable bonds is 6. The molecule has 0 unspecified atom stereocenters. The highest BCUT2D eigenvalue weighted by atomic mass is 79.9. The second-order valence-corrected chi connectivity index (χ2v) is 7.54. The Hall–Kier alpha value is -2.44. The molecule has 0 spiro atoms. The molecule has 0 atom stereocenters. The number of fused-ring (bicyclic) bond motifs is 1. The van der Waals surface area contributed by atoms with Crippen LogP contribution < -0.4 is 15.4 Å². The predicted molar refractivity (Wildman–Crippen MR) is 122 cm³/mol. The predicted octanol–water partition coefficient (Wildman–Crippen LogP) is 5.91. The van der Waals surface area contributed by atoms with E-state index in [1.807, 2.05) is 42.5 Å². The van der Waals surface area contributed by atoms with E-state index in [1.165, 1.54) is 0 Å². The zero-order chi connectivity index (χ0) is 19.9. The smallest absolute Gasteiger partial charge is 0.257 e. The molecule has 0 bridgehead atoms. The minimum absolute atomic E-state index is 0.245. The minimum Gasteiger partial charge on any atom is -0.494 e. The molecule has 0 fully saturated rings. The first-order chi connectivity index (χ1) is 13.6. The number of carbonyl (C=O) groups is 1. The first-order valence-electron chi connectivity index (χ1n) is 9.11. The number of anilines is 1. The van der Waals surface area contributed by atoms with Crippen LogP contribution >= 0.6 is 28.1 Å². The Kier molecular flexibility index (Phi) is 7.01. The summed E-state index contributed by atoms with van der Waals surface area (Å²) in [5, 5.41) is 8.18. The fraction of sp³-hybridized carbons (Fsp3) is 0.182. The molecule has 0 aliphatic heterocycles. The number of halogens is 1. The third kappa shape index (κ3) is 5.09. The van der Waals surface area contributed by atoms with Crippen LogP contribution in [0.25, 0.3) is 10.8 Å². The summed E-state index contributed by atoms with van der Waals surface area (Å²) in [7, 11) is 0. The number of nitrogens with one attached hydrogen (secondary N) is 2. The molecule has 6 heteroatoms. The molecule has 2 N–H and O–H groups in total. The third-order valence-electron chi connectivity index (χ3n) is 4.21. The van der Waals surface area contributed by atoms with Crippen molar-refractivity contribution in [2.45, 2.75) is 19.8 Å². The molecule has 0 saturated heterocycles. The maximum absolute atomic E-state index is 12.5. The number of hydrogen-bond acceptors (Lipinski definition) is 3. The van der Waals surface area contributed by atoms with Crippen molar-refractivity contribution in [3.05, 3.63) is 70.7 Å². The van der Waals surface area contributed by atoms with E-state index in [0.717, 1.165) is 33.8 Å². The molecule has 3 aromatic rings. The van der Waals surface area contributed by atoms with E-state index in [1.54, 1.807) is 18.2 Å². The van der Waals surface area contributed by atoms with Crippen LogP contribution in [0.3, 0.4) is 0 Å². The average molecular weight is 457 g/mol. The number of ether oxygens (including phenoxy) is 1. The summed E-state index contributed by atoms with van der Waals surface area (Å²) in [4.78, 5) is 12.5. The van der Waals surface area contributed by atoms with Crippen LogP contribution in [-0.4, -0.2) is 17.6 Å². The summed E-state index contributed by atoms with van der Waals surface area (Å²) >= 11 is 8.90. The average Bonchev–Trinajstić information content (AvgIpc) is 2.71. The van der Waals surface area contributed by atoms with Gasteiger partial charge in [0.15, 0.2) is 5.11 Å². The molecule has 4 nitrogen and oxygen atoms in total. The van der Waals surface area contributed by atoms with Gasteiger partial charge in [-0.15, -0.1) is 0 Å². The fourth-order valence-corrected chi connectivity index (χ4v) is 3.44. The first-order valence-corrected chi connectivity index (χ1v) is 10.3. The van der Waals surface area contributed by atoms with E-state index in [4.69, 9.17) is 17.0 Å². The Morgan fingerprint density at radius 3 is 2.64 bits per heavy atom. The van der Waals surface area contributed by atoms with Crippen molar-refractivity contribution in [3.8, 4) is 5.75 Å². The molecule has 28 heavy (non-hydrogen) atoms. The van der Waals surface area contributed by atoms with Gasteiger partial charge in [0.25, 0.3) is 5.91 Å². The molecule has 1 amide bonds. The van der Waals surface area contributed by atoms with Gasteiger partial charge in [-0.3, -0.25) is 10.1 Å². The molecule has 0 saturated carbocycles. The molecule has 0 radical (unpaired) electrons. The van der Waals surface area contributed by atoms with E-state index in [2.05, 4.69) is 33.5 Å². The number of hydrogen-bond donors (Lipinski definition) is 2. The minimum atomic E-state index is -0.278. The zero-order valence-electron chi connectivity index (χ0n) is 15.5. The van der Waals surface area contributed by atoms with Crippen LogP contribution in [0.4, 0.5) is 5.69 Å². The normalized spacial score (nSPS) is 10.5. The number of amides is 1. The van der Waals surface area contributed by atoms with Gasteiger partial charge in [0.1, 0.15) is 5.75 Å². The van der Waals surface area contributed by atoms with Crippen molar-refractivity contribution in [2.24, 2.45) is 0 Å². The Morgan fingerprint density at radius 1 is 1.07 bits per heavy atom. The largest absolute Gasteiger partial charge is 0.494 e. The van der Waals surface area contributed by atoms with Gasteiger partial charge in [0, 0.05) is 21.1 Å².